The highest BCUT2D eigenvalue weighted by Gasteiger charge is 2.34. The van der Waals surface area contributed by atoms with Crippen molar-refractivity contribution in [1.29, 1.82) is 0 Å². The molecule has 0 aliphatic carbocycles. The van der Waals surface area contributed by atoms with Crippen molar-refractivity contribution in [2.24, 2.45) is 0 Å². The summed E-state index contributed by atoms with van der Waals surface area (Å²) >= 11 is 0. The molecule has 0 saturated carbocycles. The van der Waals surface area contributed by atoms with Gasteiger partial charge >= 0.3 is 29.8 Å². The fraction of sp³-hybridized carbons (Fsp3) is 0.174. The van der Waals surface area contributed by atoms with E-state index in [1.807, 2.05) is 0 Å². The summed E-state index contributed by atoms with van der Waals surface area (Å²) in [7, 11) is 0. The first-order valence-electron chi connectivity index (χ1n) is 9.45. The Morgan fingerprint density at radius 2 is 1.03 bits per heavy atom. The maximum absolute atomic E-state index is 12.1. The predicted octanol–water partition coefficient (Wildman–Crippen LogP) is 3.26. The van der Waals surface area contributed by atoms with E-state index in [-0.39, 0.29) is 5.56 Å². The van der Waals surface area contributed by atoms with Crippen LogP contribution in [0.15, 0.2) is 30.3 Å². The number of carbonyl (C=O) groups is 5. The molecule has 0 heterocycles. The minimum absolute atomic E-state index is 0.179. The minimum Gasteiger partial charge on any atom is -0.477 e. The summed E-state index contributed by atoms with van der Waals surface area (Å²) in [5.41, 5.74) is -0.364. The molecule has 10 heteroatoms. The summed E-state index contributed by atoms with van der Waals surface area (Å²) in [6.45, 7) is 4.06. The number of carboxylic acids is 1. The van der Waals surface area contributed by atoms with Gasteiger partial charge in [0.15, 0.2) is 28.6 Å². The van der Waals surface area contributed by atoms with E-state index in [4.69, 9.17) is 18.9 Å². The summed E-state index contributed by atoms with van der Waals surface area (Å²) in [5, 5.41) is 9.81. The molecule has 1 N–H and O–H groups in total. The third-order valence-electron chi connectivity index (χ3n) is 3.79. The van der Waals surface area contributed by atoms with Crippen molar-refractivity contribution in [3.05, 3.63) is 47.0 Å². The molecule has 0 fully saturated rings. The molecule has 2 aromatic rings. The van der Waals surface area contributed by atoms with Gasteiger partial charge in [-0.1, -0.05) is 36.4 Å². The lowest BCUT2D eigenvalue weighted by molar-refractivity contribution is -0.135. The second-order valence-electron chi connectivity index (χ2n) is 6.53. The van der Waals surface area contributed by atoms with Gasteiger partial charge in [-0.15, -0.1) is 0 Å². The molecule has 0 bridgehead atoms. The lowest BCUT2D eigenvalue weighted by Crippen LogP contribution is -2.17. The summed E-state index contributed by atoms with van der Waals surface area (Å²) < 4.78 is 20.5. The largest absolute Gasteiger partial charge is 0.477 e. The van der Waals surface area contributed by atoms with E-state index in [1.54, 1.807) is 30.3 Å². The van der Waals surface area contributed by atoms with E-state index < -0.39 is 58.4 Å². The van der Waals surface area contributed by atoms with Crippen LogP contribution in [0.5, 0.6) is 23.0 Å². The van der Waals surface area contributed by atoms with Crippen LogP contribution in [0.4, 0.5) is 0 Å². The van der Waals surface area contributed by atoms with Crippen molar-refractivity contribution in [1.82, 2.24) is 0 Å². The Morgan fingerprint density at radius 3 is 1.39 bits per heavy atom. The number of benzene rings is 2. The van der Waals surface area contributed by atoms with Crippen molar-refractivity contribution in [3.8, 4) is 23.0 Å². The van der Waals surface area contributed by atoms with Crippen LogP contribution in [0, 0.1) is 0 Å². The van der Waals surface area contributed by atoms with E-state index in [0.717, 1.165) is 27.7 Å². The molecular formula is C23H20O10. The van der Waals surface area contributed by atoms with Crippen molar-refractivity contribution >= 4 is 42.0 Å². The predicted molar refractivity (Wildman–Crippen MR) is 114 cm³/mol. The summed E-state index contributed by atoms with van der Waals surface area (Å²) in [5.74, 6) is -7.82. The van der Waals surface area contributed by atoms with Crippen LogP contribution in [0.3, 0.4) is 0 Å². The van der Waals surface area contributed by atoms with Gasteiger partial charge in [0.2, 0.25) is 0 Å². The fourth-order valence-electron chi connectivity index (χ4n) is 2.74. The highest BCUT2D eigenvalue weighted by molar-refractivity contribution is 6.02. The van der Waals surface area contributed by atoms with Gasteiger partial charge in [0.05, 0.1) is 5.56 Å². The Hall–Kier alpha value is -4.47. The van der Waals surface area contributed by atoms with E-state index >= 15 is 0 Å². The van der Waals surface area contributed by atoms with E-state index in [1.165, 1.54) is 12.2 Å². The number of aromatic carboxylic acids is 1. The second kappa shape index (κ2) is 10.7. The molecule has 0 unspecified atom stereocenters. The Balaban J connectivity index is 3.04. The summed E-state index contributed by atoms with van der Waals surface area (Å²) in [4.78, 5) is 59.2. The van der Waals surface area contributed by atoms with Gasteiger partial charge in [0, 0.05) is 27.7 Å². The lowest BCUT2D eigenvalue weighted by atomic mass is 10.0. The van der Waals surface area contributed by atoms with Gasteiger partial charge in [-0.25, -0.2) is 4.79 Å². The molecule has 0 amide bonds. The fourth-order valence-corrected chi connectivity index (χ4v) is 2.74. The zero-order valence-electron chi connectivity index (χ0n) is 18.2. The smallest absolute Gasteiger partial charge is 0.343 e. The van der Waals surface area contributed by atoms with Gasteiger partial charge in [-0.05, 0) is 11.6 Å². The number of ether oxygens (including phenoxy) is 4. The zero-order valence-corrected chi connectivity index (χ0v) is 18.2. The highest BCUT2D eigenvalue weighted by atomic mass is 16.6. The standard InChI is InChI=1S/C23H20O10/c1-12(24)30-19-17(11-10-16-8-6-5-7-9-16)20(31-13(2)25)22(33-15(4)27)18(23(28)29)21(19)32-14(3)26/h5-11H,1-4H3,(H,28,29). The van der Waals surface area contributed by atoms with Gasteiger partial charge in [0.1, 0.15) is 0 Å². The molecule has 172 valence electrons. The zero-order chi connectivity index (χ0) is 24.7. The highest BCUT2D eigenvalue weighted by Crippen LogP contribution is 2.50. The molecule has 0 saturated heterocycles. The maximum Gasteiger partial charge on any atom is 0.343 e. The minimum atomic E-state index is -1.71. The Morgan fingerprint density at radius 1 is 0.636 bits per heavy atom. The topological polar surface area (TPSA) is 142 Å². The molecule has 10 nitrogen and oxygen atoms in total. The second-order valence-corrected chi connectivity index (χ2v) is 6.53. The SMILES string of the molecule is CC(=O)Oc1c(C=Cc2ccccc2)c(OC(C)=O)c(OC(C)=O)c(C(=O)O)c1OC(C)=O. The number of carbonyl (C=O) groups excluding carboxylic acids is 4. The van der Waals surface area contributed by atoms with E-state index in [9.17, 15) is 29.1 Å². The molecule has 0 aliphatic heterocycles. The summed E-state index contributed by atoms with van der Waals surface area (Å²) in [6.07, 6.45) is 2.86. The Labute approximate surface area is 188 Å². The van der Waals surface area contributed by atoms with Crippen LogP contribution in [-0.4, -0.2) is 35.0 Å². The van der Waals surface area contributed by atoms with Gasteiger partial charge in [-0.2, -0.15) is 0 Å². The van der Waals surface area contributed by atoms with Crippen molar-refractivity contribution in [2.45, 2.75) is 27.7 Å². The first kappa shape index (κ1) is 24.8. The molecule has 2 aromatic carbocycles. The Bertz CT molecular complexity index is 1090. The van der Waals surface area contributed by atoms with Crippen LogP contribution >= 0.6 is 0 Å². The molecule has 0 radical (unpaired) electrons. The monoisotopic (exact) mass is 456 g/mol. The number of hydrogen-bond acceptors (Lipinski definition) is 9. The summed E-state index contributed by atoms with van der Waals surface area (Å²) in [6, 6.07) is 8.76. The van der Waals surface area contributed by atoms with E-state index in [2.05, 4.69) is 0 Å². The van der Waals surface area contributed by atoms with Crippen LogP contribution in [0.1, 0.15) is 49.2 Å². The normalized spacial score (nSPS) is 10.4. The molecule has 0 spiro atoms. The van der Waals surface area contributed by atoms with Crippen LogP contribution in [-0.2, 0) is 19.2 Å². The van der Waals surface area contributed by atoms with Crippen molar-refractivity contribution in [2.75, 3.05) is 0 Å². The van der Waals surface area contributed by atoms with Crippen molar-refractivity contribution < 1.29 is 48.0 Å². The van der Waals surface area contributed by atoms with Gasteiger partial charge in [0.25, 0.3) is 0 Å². The number of hydrogen-bond donors (Lipinski definition) is 1. The molecule has 0 aliphatic rings. The third-order valence-corrected chi connectivity index (χ3v) is 3.79. The average Bonchev–Trinajstić information content (AvgIpc) is 2.69. The number of esters is 4. The first-order chi connectivity index (χ1) is 15.5. The van der Waals surface area contributed by atoms with Gasteiger partial charge in [-0.3, -0.25) is 19.2 Å². The quantitative estimate of drug-likeness (QED) is 0.375. The third kappa shape index (κ3) is 6.50. The number of carboxylic acid groups (broad SMARTS) is 1. The molecule has 2 rings (SSSR count). The molecule has 0 aromatic heterocycles. The number of rotatable bonds is 7. The van der Waals surface area contributed by atoms with Crippen LogP contribution < -0.4 is 18.9 Å². The van der Waals surface area contributed by atoms with E-state index in [0.29, 0.717) is 5.56 Å². The molecule has 0 atom stereocenters. The van der Waals surface area contributed by atoms with Crippen LogP contribution in [0.25, 0.3) is 12.2 Å². The molecular weight excluding hydrogens is 436 g/mol. The van der Waals surface area contributed by atoms with Gasteiger partial charge < -0.3 is 24.1 Å². The average molecular weight is 456 g/mol. The maximum atomic E-state index is 12.1. The Kier molecular flexibility index (Phi) is 8.05. The first-order valence-corrected chi connectivity index (χ1v) is 9.45. The van der Waals surface area contributed by atoms with Crippen LogP contribution in [0.2, 0.25) is 0 Å². The lowest BCUT2D eigenvalue weighted by Gasteiger charge is -2.20. The molecule has 33 heavy (non-hydrogen) atoms. The van der Waals surface area contributed by atoms with Crippen molar-refractivity contribution in [3.63, 3.8) is 0 Å².